The standard InChI is InChI=1S/C16H23NO3/c1-11-5-6-17(12(2)7-11)9-14(18)13-3-4-15-16(8-13)20-10-19-15/h3-4,8,11-12,14,18H,5-7,9-10H2,1-2H3. The molecule has 20 heavy (non-hydrogen) atoms. The number of hydrogen-bond acceptors (Lipinski definition) is 4. The summed E-state index contributed by atoms with van der Waals surface area (Å²) >= 11 is 0. The Bertz CT molecular complexity index is 477. The highest BCUT2D eigenvalue weighted by Gasteiger charge is 2.25. The molecule has 0 bridgehead atoms. The van der Waals surface area contributed by atoms with E-state index in [4.69, 9.17) is 9.47 Å². The third kappa shape index (κ3) is 2.76. The quantitative estimate of drug-likeness (QED) is 0.922. The zero-order valence-electron chi connectivity index (χ0n) is 12.2. The van der Waals surface area contributed by atoms with Crippen LogP contribution in [0.1, 0.15) is 38.4 Å². The predicted octanol–water partition coefficient (Wildman–Crippen LogP) is 2.57. The Labute approximate surface area is 120 Å². The topological polar surface area (TPSA) is 41.9 Å². The zero-order chi connectivity index (χ0) is 14.1. The molecule has 3 atom stereocenters. The molecule has 1 aromatic rings. The average molecular weight is 277 g/mol. The van der Waals surface area contributed by atoms with E-state index in [0.29, 0.717) is 12.6 Å². The van der Waals surface area contributed by atoms with Gasteiger partial charge in [0, 0.05) is 12.6 Å². The first kappa shape index (κ1) is 13.7. The number of nitrogens with zero attached hydrogens (tertiary/aromatic N) is 1. The molecule has 4 heteroatoms. The smallest absolute Gasteiger partial charge is 0.231 e. The summed E-state index contributed by atoms with van der Waals surface area (Å²) in [5, 5.41) is 10.4. The van der Waals surface area contributed by atoms with Crippen LogP contribution < -0.4 is 9.47 Å². The molecule has 0 radical (unpaired) electrons. The van der Waals surface area contributed by atoms with Crippen LogP contribution in [0.25, 0.3) is 0 Å². The number of likely N-dealkylation sites (tertiary alicyclic amines) is 1. The molecule has 2 heterocycles. The van der Waals surface area contributed by atoms with Gasteiger partial charge >= 0.3 is 0 Å². The highest BCUT2D eigenvalue weighted by molar-refractivity contribution is 5.45. The number of hydrogen-bond donors (Lipinski definition) is 1. The second kappa shape index (κ2) is 5.62. The van der Waals surface area contributed by atoms with Crippen molar-refractivity contribution >= 4 is 0 Å². The fourth-order valence-corrected chi connectivity index (χ4v) is 3.18. The largest absolute Gasteiger partial charge is 0.454 e. The number of β-amino-alcohol motifs (C(OH)–C–C–N with tert-alkyl or cyclic N) is 1. The maximum Gasteiger partial charge on any atom is 0.231 e. The van der Waals surface area contributed by atoms with Crippen LogP contribution in [0.2, 0.25) is 0 Å². The number of piperidine rings is 1. The summed E-state index contributed by atoms with van der Waals surface area (Å²) in [6.07, 6.45) is 1.96. The molecule has 2 aliphatic rings. The first-order valence-electron chi connectivity index (χ1n) is 7.45. The van der Waals surface area contributed by atoms with Crippen LogP contribution in [-0.4, -0.2) is 35.9 Å². The molecule has 1 saturated heterocycles. The van der Waals surface area contributed by atoms with Gasteiger partial charge in [0.1, 0.15) is 0 Å². The fraction of sp³-hybridized carbons (Fsp3) is 0.625. The summed E-state index contributed by atoms with van der Waals surface area (Å²) in [6, 6.07) is 6.24. The normalized spacial score (nSPS) is 27.6. The van der Waals surface area contributed by atoms with Gasteiger partial charge in [-0.05, 0) is 49.9 Å². The van der Waals surface area contributed by atoms with E-state index in [1.54, 1.807) is 0 Å². The van der Waals surface area contributed by atoms with E-state index in [2.05, 4.69) is 18.7 Å². The fourth-order valence-electron chi connectivity index (χ4n) is 3.18. The Morgan fingerprint density at radius 3 is 2.90 bits per heavy atom. The molecule has 0 aliphatic carbocycles. The van der Waals surface area contributed by atoms with E-state index < -0.39 is 6.10 Å². The molecule has 3 unspecified atom stereocenters. The van der Waals surface area contributed by atoms with Gasteiger partial charge in [0.15, 0.2) is 11.5 Å². The SMILES string of the molecule is CC1CCN(CC(O)c2ccc3c(c2)OCO3)C(C)C1. The summed E-state index contributed by atoms with van der Waals surface area (Å²) in [7, 11) is 0. The Kier molecular flexibility index (Phi) is 3.85. The van der Waals surface area contributed by atoms with Crippen molar-refractivity contribution in [3.05, 3.63) is 23.8 Å². The summed E-state index contributed by atoms with van der Waals surface area (Å²) in [6.45, 7) is 6.59. The zero-order valence-corrected chi connectivity index (χ0v) is 12.2. The van der Waals surface area contributed by atoms with E-state index in [-0.39, 0.29) is 6.79 Å². The summed E-state index contributed by atoms with van der Waals surface area (Å²) in [5.41, 5.74) is 0.903. The highest BCUT2D eigenvalue weighted by Crippen LogP contribution is 2.34. The van der Waals surface area contributed by atoms with Crippen LogP contribution in [0.3, 0.4) is 0 Å². The number of fused-ring (bicyclic) bond motifs is 1. The van der Waals surface area contributed by atoms with Gasteiger partial charge in [-0.15, -0.1) is 0 Å². The summed E-state index contributed by atoms with van der Waals surface area (Å²) in [5.74, 6) is 2.30. The van der Waals surface area contributed by atoms with Gasteiger partial charge in [-0.1, -0.05) is 13.0 Å². The van der Waals surface area contributed by atoms with Crippen LogP contribution in [0.15, 0.2) is 18.2 Å². The molecular formula is C16H23NO3. The van der Waals surface area contributed by atoms with Crippen LogP contribution in [0.4, 0.5) is 0 Å². The van der Waals surface area contributed by atoms with Crippen molar-refractivity contribution in [2.75, 3.05) is 19.9 Å². The summed E-state index contributed by atoms with van der Waals surface area (Å²) in [4.78, 5) is 2.38. The van der Waals surface area contributed by atoms with E-state index in [0.717, 1.165) is 29.5 Å². The van der Waals surface area contributed by atoms with Crippen LogP contribution in [-0.2, 0) is 0 Å². The lowest BCUT2D eigenvalue weighted by Gasteiger charge is -2.37. The van der Waals surface area contributed by atoms with Gasteiger partial charge < -0.3 is 14.6 Å². The van der Waals surface area contributed by atoms with Crippen molar-refractivity contribution in [1.29, 1.82) is 0 Å². The number of ether oxygens (including phenoxy) is 2. The lowest BCUT2D eigenvalue weighted by molar-refractivity contribution is 0.0600. The molecular weight excluding hydrogens is 254 g/mol. The monoisotopic (exact) mass is 277 g/mol. The Hall–Kier alpha value is -1.26. The van der Waals surface area contributed by atoms with E-state index in [1.807, 2.05) is 18.2 Å². The lowest BCUT2D eigenvalue weighted by Crippen LogP contribution is -2.42. The van der Waals surface area contributed by atoms with Crippen molar-refractivity contribution in [3.8, 4) is 11.5 Å². The van der Waals surface area contributed by atoms with Gasteiger partial charge in [0.2, 0.25) is 6.79 Å². The molecule has 0 amide bonds. The average Bonchev–Trinajstić information content (AvgIpc) is 2.89. The van der Waals surface area contributed by atoms with Gasteiger partial charge in [0.05, 0.1) is 6.10 Å². The minimum absolute atomic E-state index is 0.274. The maximum absolute atomic E-state index is 10.4. The molecule has 3 rings (SSSR count). The minimum Gasteiger partial charge on any atom is -0.454 e. The molecule has 1 aromatic carbocycles. The summed E-state index contributed by atoms with van der Waals surface area (Å²) < 4.78 is 10.7. The second-order valence-corrected chi connectivity index (χ2v) is 6.10. The van der Waals surface area contributed by atoms with Crippen LogP contribution in [0.5, 0.6) is 11.5 Å². The van der Waals surface area contributed by atoms with Crippen molar-refractivity contribution in [1.82, 2.24) is 4.90 Å². The third-order valence-electron chi connectivity index (χ3n) is 4.46. The first-order valence-corrected chi connectivity index (χ1v) is 7.45. The minimum atomic E-state index is -0.472. The van der Waals surface area contributed by atoms with E-state index >= 15 is 0 Å². The van der Waals surface area contributed by atoms with Crippen molar-refractivity contribution in [2.24, 2.45) is 5.92 Å². The Morgan fingerprint density at radius 1 is 1.30 bits per heavy atom. The van der Waals surface area contributed by atoms with Gasteiger partial charge in [-0.25, -0.2) is 0 Å². The van der Waals surface area contributed by atoms with Crippen LogP contribution >= 0.6 is 0 Å². The van der Waals surface area contributed by atoms with Crippen molar-refractivity contribution in [3.63, 3.8) is 0 Å². The second-order valence-electron chi connectivity index (χ2n) is 6.10. The number of aliphatic hydroxyl groups excluding tert-OH is 1. The molecule has 2 aliphatic heterocycles. The lowest BCUT2D eigenvalue weighted by atomic mass is 9.93. The third-order valence-corrected chi connectivity index (χ3v) is 4.46. The molecule has 4 nitrogen and oxygen atoms in total. The number of aliphatic hydroxyl groups is 1. The van der Waals surface area contributed by atoms with Crippen molar-refractivity contribution < 1.29 is 14.6 Å². The molecule has 0 spiro atoms. The number of benzene rings is 1. The highest BCUT2D eigenvalue weighted by atomic mass is 16.7. The van der Waals surface area contributed by atoms with Crippen LogP contribution in [0, 0.1) is 5.92 Å². The van der Waals surface area contributed by atoms with Crippen molar-refractivity contribution in [2.45, 2.75) is 38.8 Å². The number of rotatable bonds is 3. The van der Waals surface area contributed by atoms with E-state index in [1.165, 1.54) is 12.8 Å². The molecule has 0 aromatic heterocycles. The molecule has 1 N–H and O–H groups in total. The van der Waals surface area contributed by atoms with E-state index in [9.17, 15) is 5.11 Å². The Balaban J connectivity index is 1.65. The van der Waals surface area contributed by atoms with Gasteiger partial charge in [-0.2, -0.15) is 0 Å². The first-order chi connectivity index (χ1) is 9.63. The molecule has 110 valence electrons. The predicted molar refractivity (Wildman–Crippen MR) is 77.0 cm³/mol. The Morgan fingerprint density at radius 2 is 2.10 bits per heavy atom. The molecule has 0 saturated carbocycles. The maximum atomic E-state index is 10.4. The van der Waals surface area contributed by atoms with Gasteiger partial charge in [0.25, 0.3) is 0 Å². The van der Waals surface area contributed by atoms with Gasteiger partial charge in [-0.3, -0.25) is 4.90 Å². The molecule has 1 fully saturated rings.